The zero-order valence-electron chi connectivity index (χ0n) is 11.8. The second kappa shape index (κ2) is 7.97. The van der Waals surface area contributed by atoms with E-state index in [0.29, 0.717) is 16.3 Å². The molecule has 0 fully saturated rings. The fraction of sp³-hybridized carbons (Fsp3) is 0.125. The molecular formula is C16H13Cl2NO4. The van der Waals surface area contributed by atoms with Crippen molar-refractivity contribution < 1.29 is 19.4 Å². The number of esters is 1. The van der Waals surface area contributed by atoms with Crippen molar-refractivity contribution in [3.63, 3.8) is 0 Å². The lowest BCUT2D eigenvalue weighted by molar-refractivity contribution is -0.156. The molecule has 2 aromatic carbocycles. The third-order valence-electron chi connectivity index (χ3n) is 2.91. The van der Waals surface area contributed by atoms with Crippen LogP contribution in [0.5, 0.6) is 0 Å². The van der Waals surface area contributed by atoms with E-state index in [1.54, 1.807) is 48.5 Å². The maximum absolute atomic E-state index is 11.8. The Morgan fingerprint density at radius 3 is 2.48 bits per heavy atom. The molecule has 0 heterocycles. The zero-order chi connectivity index (χ0) is 16.8. The molecule has 0 bridgehead atoms. The SMILES string of the molecule is O=C(COC(=O)[C@H](O)c1ccccc1)Nc1cccc(Cl)c1Cl. The fourth-order valence-corrected chi connectivity index (χ4v) is 2.12. The van der Waals surface area contributed by atoms with Gasteiger partial charge in [0, 0.05) is 0 Å². The number of carbonyl (C=O) groups excluding carboxylic acids is 2. The van der Waals surface area contributed by atoms with Crippen LogP contribution in [0.2, 0.25) is 10.0 Å². The van der Waals surface area contributed by atoms with Crippen LogP contribution in [0.1, 0.15) is 11.7 Å². The lowest BCUT2D eigenvalue weighted by Gasteiger charge is -2.11. The molecule has 2 aromatic rings. The van der Waals surface area contributed by atoms with Crippen molar-refractivity contribution in [2.24, 2.45) is 0 Å². The molecule has 0 spiro atoms. The minimum atomic E-state index is -1.45. The second-order valence-electron chi connectivity index (χ2n) is 4.57. The number of anilines is 1. The highest BCUT2D eigenvalue weighted by molar-refractivity contribution is 6.44. The molecule has 0 unspecified atom stereocenters. The van der Waals surface area contributed by atoms with Crippen LogP contribution in [0.3, 0.4) is 0 Å². The highest BCUT2D eigenvalue weighted by Gasteiger charge is 2.20. The smallest absolute Gasteiger partial charge is 0.340 e. The number of halogens is 2. The van der Waals surface area contributed by atoms with Gasteiger partial charge in [-0.25, -0.2) is 4.79 Å². The van der Waals surface area contributed by atoms with Gasteiger partial charge < -0.3 is 15.2 Å². The number of hydrogen-bond acceptors (Lipinski definition) is 4. The van der Waals surface area contributed by atoms with Crippen molar-refractivity contribution in [3.05, 3.63) is 64.1 Å². The van der Waals surface area contributed by atoms with Crippen LogP contribution in [0.15, 0.2) is 48.5 Å². The van der Waals surface area contributed by atoms with Crippen molar-refractivity contribution in [3.8, 4) is 0 Å². The molecule has 2 rings (SSSR count). The Balaban J connectivity index is 1.89. The normalized spacial score (nSPS) is 11.6. The molecule has 1 amide bonds. The van der Waals surface area contributed by atoms with Gasteiger partial charge in [0.25, 0.3) is 5.91 Å². The number of aliphatic hydroxyl groups is 1. The largest absolute Gasteiger partial charge is 0.453 e. The predicted molar refractivity (Wildman–Crippen MR) is 87.5 cm³/mol. The van der Waals surface area contributed by atoms with Gasteiger partial charge in [0.1, 0.15) is 0 Å². The molecule has 0 aromatic heterocycles. The summed E-state index contributed by atoms with van der Waals surface area (Å²) in [7, 11) is 0. The predicted octanol–water partition coefficient (Wildman–Crippen LogP) is 3.21. The molecule has 0 saturated heterocycles. The van der Waals surface area contributed by atoms with E-state index in [4.69, 9.17) is 27.9 Å². The lowest BCUT2D eigenvalue weighted by atomic mass is 10.1. The highest BCUT2D eigenvalue weighted by atomic mass is 35.5. The van der Waals surface area contributed by atoms with E-state index < -0.39 is 24.6 Å². The van der Waals surface area contributed by atoms with Gasteiger partial charge in [-0.3, -0.25) is 4.79 Å². The zero-order valence-corrected chi connectivity index (χ0v) is 13.3. The molecule has 2 N–H and O–H groups in total. The second-order valence-corrected chi connectivity index (χ2v) is 5.36. The van der Waals surface area contributed by atoms with E-state index in [-0.39, 0.29) is 5.02 Å². The van der Waals surface area contributed by atoms with Crippen LogP contribution in [-0.2, 0) is 14.3 Å². The first-order valence-corrected chi connectivity index (χ1v) is 7.38. The standard InChI is InChI=1S/C16H13Cl2NO4/c17-11-7-4-8-12(14(11)18)19-13(20)9-23-16(22)15(21)10-5-2-1-3-6-10/h1-8,15,21H,9H2,(H,19,20)/t15-/m1/s1. The topological polar surface area (TPSA) is 75.6 Å². The minimum Gasteiger partial charge on any atom is -0.453 e. The van der Waals surface area contributed by atoms with Crippen LogP contribution in [0.4, 0.5) is 5.69 Å². The Hall–Kier alpha value is -2.08. The Morgan fingerprint density at radius 1 is 1.09 bits per heavy atom. The molecule has 5 nitrogen and oxygen atoms in total. The summed E-state index contributed by atoms with van der Waals surface area (Å²) in [5.74, 6) is -1.51. The lowest BCUT2D eigenvalue weighted by Crippen LogP contribution is -2.24. The van der Waals surface area contributed by atoms with Gasteiger partial charge in [-0.15, -0.1) is 0 Å². The average Bonchev–Trinajstić information content (AvgIpc) is 2.57. The summed E-state index contributed by atoms with van der Waals surface area (Å²) < 4.78 is 4.79. The summed E-state index contributed by atoms with van der Waals surface area (Å²) in [6.07, 6.45) is -1.45. The summed E-state index contributed by atoms with van der Waals surface area (Å²) in [6.45, 7) is -0.550. The van der Waals surface area contributed by atoms with Gasteiger partial charge in [-0.2, -0.15) is 0 Å². The molecular weight excluding hydrogens is 341 g/mol. The number of amides is 1. The number of rotatable bonds is 5. The van der Waals surface area contributed by atoms with E-state index in [1.165, 1.54) is 0 Å². The number of aliphatic hydroxyl groups excluding tert-OH is 1. The number of nitrogens with one attached hydrogen (secondary N) is 1. The Labute approximate surface area is 142 Å². The Kier molecular flexibility index (Phi) is 5.98. The van der Waals surface area contributed by atoms with Gasteiger partial charge in [0.05, 0.1) is 15.7 Å². The first kappa shape index (κ1) is 17.3. The fourth-order valence-electron chi connectivity index (χ4n) is 1.77. The third-order valence-corrected chi connectivity index (χ3v) is 3.73. The van der Waals surface area contributed by atoms with E-state index in [9.17, 15) is 14.7 Å². The summed E-state index contributed by atoms with van der Waals surface area (Å²) in [5.41, 5.74) is 0.694. The van der Waals surface area contributed by atoms with Crippen molar-refractivity contribution in [1.82, 2.24) is 0 Å². The molecule has 0 radical (unpaired) electrons. The van der Waals surface area contributed by atoms with Crippen LogP contribution < -0.4 is 5.32 Å². The summed E-state index contributed by atoms with van der Waals surface area (Å²) >= 11 is 11.8. The van der Waals surface area contributed by atoms with Crippen molar-refractivity contribution in [2.45, 2.75) is 6.10 Å². The Bertz CT molecular complexity index is 706. The van der Waals surface area contributed by atoms with Crippen molar-refractivity contribution in [2.75, 3.05) is 11.9 Å². The quantitative estimate of drug-likeness (QED) is 0.809. The minimum absolute atomic E-state index is 0.193. The van der Waals surface area contributed by atoms with E-state index >= 15 is 0 Å². The monoisotopic (exact) mass is 353 g/mol. The van der Waals surface area contributed by atoms with E-state index in [0.717, 1.165) is 0 Å². The molecule has 0 aliphatic carbocycles. The first-order chi connectivity index (χ1) is 11.0. The van der Waals surface area contributed by atoms with Crippen molar-refractivity contribution >= 4 is 40.8 Å². The molecule has 23 heavy (non-hydrogen) atoms. The van der Waals surface area contributed by atoms with Crippen LogP contribution in [-0.4, -0.2) is 23.6 Å². The third kappa shape index (κ3) is 4.69. The summed E-state index contributed by atoms with van der Waals surface area (Å²) in [4.78, 5) is 23.5. The average molecular weight is 354 g/mol. The molecule has 0 saturated carbocycles. The molecule has 120 valence electrons. The van der Waals surface area contributed by atoms with Gasteiger partial charge in [0.2, 0.25) is 0 Å². The van der Waals surface area contributed by atoms with Crippen LogP contribution >= 0.6 is 23.2 Å². The maximum atomic E-state index is 11.8. The van der Waals surface area contributed by atoms with Gasteiger partial charge >= 0.3 is 5.97 Å². The molecule has 1 atom stereocenters. The molecule has 0 aliphatic heterocycles. The molecule has 0 aliphatic rings. The number of hydrogen-bond donors (Lipinski definition) is 2. The van der Waals surface area contributed by atoms with Gasteiger partial charge in [0.15, 0.2) is 12.7 Å². The number of carbonyl (C=O) groups is 2. The van der Waals surface area contributed by atoms with E-state index in [1.807, 2.05) is 0 Å². The molecule has 7 heteroatoms. The van der Waals surface area contributed by atoms with E-state index in [2.05, 4.69) is 5.32 Å². The number of ether oxygens (including phenoxy) is 1. The van der Waals surface area contributed by atoms with Crippen LogP contribution in [0.25, 0.3) is 0 Å². The Morgan fingerprint density at radius 2 is 1.78 bits per heavy atom. The van der Waals surface area contributed by atoms with Gasteiger partial charge in [-0.05, 0) is 17.7 Å². The van der Waals surface area contributed by atoms with Crippen LogP contribution in [0, 0.1) is 0 Å². The van der Waals surface area contributed by atoms with Gasteiger partial charge in [-0.1, -0.05) is 59.6 Å². The summed E-state index contributed by atoms with van der Waals surface area (Å²) in [6, 6.07) is 13.0. The number of benzene rings is 2. The highest BCUT2D eigenvalue weighted by Crippen LogP contribution is 2.29. The maximum Gasteiger partial charge on any atom is 0.340 e. The first-order valence-electron chi connectivity index (χ1n) is 6.62. The van der Waals surface area contributed by atoms with Crippen molar-refractivity contribution in [1.29, 1.82) is 0 Å². The summed E-state index contributed by atoms with van der Waals surface area (Å²) in [5, 5.41) is 12.8.